The lowest BCUT2D eigenvalue weighted by Gasteiger charge is -2.15. The monoisotopic (exact) mass is 702 g/mol. The third-order valence-corrected chi connectivity index (χ3v) is 10.3. The number of para-hydroxylation sites is 2. The van der Waals surface area contributed by atoms with Crippen molar-refractivity contribution in [2.75, 3.05) is 0 Å². The van der Waals surface area contributed by atoms with Crippen LogP contribution in [0.4, 0.5) is 0 Å². The molecule has 0 aliphatic rings. The largest absolute Gasteiger partial charge is 0.308 e. The predicted molar refractivity (Wildman–Crippen MR) is 227 cm³/mol. The van der Waals surface area contributed by atoms with E-state index in [1.165, 1.54) is 38.6 Å². The SMILES string of the molecule is c1ccc(-c2ccc(-c3nc(-c4ccccc4)nc(-c4ccccc4-n4c5ccccc5c5c(-c6ccc(-c7ccccc7)cc6)cccc54)n3)cc2)cc1. The maximum absolute atomic E-state index is 5.20. The van der Waals surface area contributed by atoms with E-state index in [-0.39, 0.29) is 0 Å². The third-order valence-electron chi connectivity index (χ3n) is 10.3. The molecule has 10 aromatic rings. The summed E-state index contributed by atoms with van der Waals surface area (Å²) >= 11 is 0. The van der Waals surface area contributed by atoms with Gasteiger partial charge in [-0.15, -0.1) is 0 Å². The molecule has 55 heavy (non-hydrogen) atoms. The van der Waals surface area contributed by atoms with Crippen molar-refractivity contribution in [3.8, 4) is 73.2 Å². The zero-order valence-corrected chi connectivity index (χ0v) is 29.9. The lowest BCUT2D eigenvalue weighted by molar-refractivity contribution is 1.06. The Morgan fingerprint density at radius 3 is 1.33 bits per heavy atom. The van der Waals surface area contributed by atoms with Crippen molar-refractivity contribution >= 4 is 21.8 Å². The summed E-state index contributed by atoms with van der Waals surface area (Å²) in [6.45, 7) is 0. The minimum Gasteiger partial charge on any atom is -0.308 e. The Morgan fingerprint density at radius 1 is 0.273 bits per heavy atom. The van der Waals surface area contributed by atoms with Crippen LogP contribution >= 0.6 is 0 Å². The van der Waals surface area contributed by atoms with E-state index in [1.807, 2.05) is 36.4 Å². The molecule has 0 atom stereocenters. The molecule has 0 unspecified atom stereocenters. The van der Waals surface area contributed by atoms with Crippen molar-refractivity contribution in [2.45, 2.75) is 0 Å². The van der Waals surface area contributed by atoms with Gasteiger partial charge in [-0.1, -0.05) is 182 Å². The van der Waals surface area contributed by atoms with E-state index >= 15 is 0 Å². The molecule has 2 heterocycles. The minimum absolute atomic E-state index is 0.616. The fraction of sp³-hybridized carbons (Fsp3) is 0. The molecule has 8 aromatic carbocycles. The van der Waals surface area contributed by atoms with Crippen molar-refractivity contribution in [1.29, 1.82) is 0 Å². The third kappa shape index (κ3) is 5.96. The number of aromatic nitrogens is 4. The molecule has 0 bridgehead atoms. The quantitative estimate of drug-likeness (QED) is 0.166. The molecule has 0 fully saturated rings. The molecule has 0 saturated heterocycles. The summed E-state index contributed by atoms with van der Waals surface area (Å²) in [4.78, 5) is 15.4. The summed E-state index contributed by atoms with van der Waals surface area (Å²) in [5.41, 5.74) is 13.1. The van der Waals surface area contributed by atoms with Gasteiger partial charge < -0.3 is 4.57 Å². The molecule has 0 radical (unpaired) electrons. The Bertz CT molecular complexity index is 2930. The zero-order chi connectivity index (χ0) is 36.6. The van der Waals surface area contributed by atoms with Crippen molar-refractivity contribution in [3.05, 3.63) is 206 Å². The highest BCUT2D eigenvalue weighted by molar-refractivity contribution is 6.16. The van der Waals surface area contributed by atoms with Crippen LogP contribution in [0.1, 0.15) is 0 Å². The fourth-order valence-corrected chi connectivity index (χ4v) is 7.63. The smallest absolute Gasteiger partial charge is 0.166 e. The Hall–Kier alpha value is -7.43. The van der Waals surface area contributed by atoms with Crippen LogP contribution in [0.15, 0.2) is 206 Å². The molecule has 0 N–H and O–H groups in total. The van der Waals surface area contributed by atoms with Gasteiger partial charge in [0.25, 0.3) is 0 Å². The Kier molecular flexibility index (Phi) is 8.12. The van der Waals surface area contributed by atoms with E-state index in [9.17, 15) is 0 Å². The van der Waals surface area contributed by atoms with Crippen LogP contribution in [0, 0.1) is 0 Å². The van der Waals surface area contributed by atoms with Gasteiger partial charge in [0.05, 0.1) is 16.7 Å². The van der Waals surface area contributed by atoms with Crippen LogP contribution in [0.25, 0.3) is 95.0 Å². The minimum atomic E-state index is 0.616. The van der Waals surface area contributed by atoms with E-state index in [2.05, 4.69) is 174 Å². The number of hydrogen-bond donors (Lipinski definition) is 0. The van der Waals surface area contributed by atoms with Gasteiger partial charge in [0, 0.05) is 27.5 Å². The standard InChI is InChI=1S/C51H34N4/c1-4-15-35(16-5-1)37-27-31-39(32-28-37)42-23-14-26-47-48(42)43-21-10-12-24-45(43)55(47)46-25-13-11-22-44(46)51-53-49(40-19-8-3-9-20-40)52-50(54-51)41-33-29-38(30-34-41)36-17-6-2-7-18-36/h1-34H. The second kappa shape index (κ2) is 13.8. The highest BCUT2D eigenvalue weighted by Crippen LogP contribution is 2.41. The molecular weight excluding hydrogens is 669 g/mol. The molecule has 0 amide bonds. The second-order valence-corrected chi connectivity index (χ2v) is 13.6. The number of hydrogen-bond acceptors (Lipinski definition) is 3. The molecule has 0 aliphatic carbocycles. The van der Waals surface area contributed by atoms with Gasteiger partial charge >= 0.3 is 0 Å². The summed E-state index contributed by atoms with van der Waals surface area (Å²) < 4.78 is 2.36. The highest BCUT2D eigenvalue weighted by atomic mass is 15.1. The van der Waals surface area contributed by atoms with Gasteiger partial charge in [-0.05, 0) is 57.6 Å². The van der Waals surface area contributed by atoms with Crippen molar-refractivity contribution < 1.29 is 0 Å². The molecule has 2 aromatic heterocycles. The van der Waals surface area contributed by atoms with Crippen LogP contribution in [-0.4, -0.2) is 19.5 Å². The van der Waals surface area contributed by atoms with Crippen molar-refractivity contribution in [2.24, 2.45) is 0 Å². The van der Waals surface area contributed by atoms with Gasteiger partial charge in [-0.3, -0.25) is 0 Å². The molecule has 4 nitrogen and oxygen atoms in total. The average molecular weight is 703 g/mol. The van der Waals surface area contributed by atoms with Gasteiger partial charge in [0.2, 0.25) is 0 Å². The normalized spacial score (nSPS) is 11.3. The highest BCUT2D eigenvalue weighted by Gasteiger charge is 2.20. The first-order chi connectivity index (χ1) is 27.3. The van der Waals surface area contributed by atoms with Gasteiger partial charge in [-0.25, -0.2) is 15.0 Å². The van der Waals surface area contributed by atoms with Gasteiger partial charge in [0.15, 0.2) is 17.5 Å². The average Bonchev–Trinajstić information content (AvgIpc) is 3.62. The van der Waals surface area contributed by atoms with E-state index in [0.29, 0.717) is 17.5 Å². The zero-order valence-electron chi connectivity index (χ0n) is 29.9. The maximum Gasteiger partial charge on any atom is 0.166 e. The second-order valence-electron chi connectivity index (χ2n) is 13.6. The van der Waals surface area contributed by atoms with Crippen molar-refractivity contribution in [3.63, 3.8) is 0 Å². The first-order valence-corrected chi connectivity index (χ1v) is 18.5. The van der Waals surface area contributed by atoms with Crippen LogP contribution < -0.4 is 0 Å². The molecular formula is C51H34N4. The van der Waals surface area contributed by atoms with Crippen LogP contribution in [0.2, 0.25) is 0 Å². The number of nitrogens with zero attached hydrogens (tertiary/aromatic N) is 4. The van der Waals surface area contributed by atoms with E-state index in [4.69, 9.17) is 15.0 Å². The Balaban J connectivity index is 1.14. The van der Waals surface area contributed by atoms with Gasteiger partial charge in [-0.2, -0.15) is 0 Å². The summed E-state index contributed by atoms with van der Waals surface area (Å²) in [6, 6.07) is 72.2. The van der Waals surface area contributed by atoms with Gasteiger partial charge in [0.1, 0.15) is 0 Å². The van der Waals surface area contributed by atoms with Crippen molar-refractivity contribution in [1.82, 2.24) is 19.5 Å². The summed E-state index contributed by atoms with van der Waals surface area (Å²) in [7, 11) is 0. The maximum atomic E-state index is 5.20. The van der Waals surface area contributed by atoms with E-state index in [1.54, 1.807) is 0 Å². The lowest BCUT2D eigenvalue weighted by atomic mass is 9.97. The lowest BCUT2D eigenvalue weighted by Crippen LogP contribution is -2.03. The van der Waals surface area contributed by atoms with Crippen LogP contribution in [0.5, 0.6) is 0 Å². The molecule has 258 valence electrons. The topological polar surface area (TPSA) is 43.6 Å². The predicted octanol–water partition coefficient (Wildman–Crippen LogP) is 13.0. The molecule has 4 heteroatoms. The van der Waals surface area contributed by atoms with Crippen LogP contribution in [-0.2, 0) is 0 Å². The Labute approximate surface area is 319 Å². The summed E-state index contributed by atoms with van der Waals surface area (Å²) in [5, 5.41) is 2.40. The fourth-order valence-electron chi connectivity index (χ4n) is 7.63. The number of rotatable bonds is 7. The summed E-state index contributed by atoms with van der Waals surface area (Å²) in [6.07, 6.45) is 0. The molecule has 0 aliphatic heterocycles. The first-order valence-electron chi connectivity index (χ1n) is 18.5. The first kappa shape index (κ1) is 32.2. The number of benzene rings is 8. The molecule has 0 spiro atoms. The van der Waals surface area contributed by atoms with E-state index in [0.717, 1.165) is 39.0 Å². The van der Waals surface area contributed by atoms with Crippen LogP contribution in [0.3, 0.4) is 0 Å². The Morgan fingerprint density at radius 2 is 0.691 bits per heavy atom. The van der Waals surface area contributed by atoms with E-state index < -0.39 is 0 Å². The molecule has 10 rings (SSSR count). The number of fused-ring (bicyclic) bond motifs is 3. The summed E-state index contributed by atoms with van der Waals surface area (Å²) in [5.74, 6) is 1.87. The molecule has 0 saturated carbocycles.